The molecule has 0 spiro atoms. The van der Waals surface area contributed by atoms with E-state index in [9.17, 15) is 31.2 Å². The minimum Gasteiger partial charge on any atom is -0.361 e. The normalized spacial score (nSPS) is 12.8. The maximum absolute atomic E-state index is 13.5. The van der Waals surface area contributed by atoms with Crippen LogP contribution in [-0.2, 0) is 16.0 Å². The Morgan fingerprint density at radius 1 is 1.03 bits per heavy atom. The lowest BCUT2D eigenvalue weighted by Crippen LogP contribution is -2.33. The molecule has 0 fully saturated rings. The Hall–Kier alpha value is -4.19. The molecule has 1 unspecified atom stereocenters. The molecule has 0 aliphatic carbocycles. The zero-order valence-electron chi connectivity index (χ0n) is 21.3. The van der Waals surface area contributed by atoms with Crippen LogP contribution < -0.4 is 10.9 Å². The van der Waals surface area contributed by atoms with Crippen molar-refractivity contribution in [1.29, 1.82) is 0 Å². The first kappa shape index (κ1) is 27.8. The maximum atomic E-state index is 13.5. The molecule has 0 saturated heterocycles. The number of carbonyl (C=O) groups is 1. The number of rotatable bonds is 6. The van der Waals surface area contributed by atoms with Gasteiger partial charge in [-0.3, -0.25) is 9.59 Å². The third-order valence-corrected chi connectivity index (χ3v) is 7.38. The van der Waals surface area contributed by atoms with Crippen LogP contribution in [0.4, 0.5) is 13.2 Å². The highest BCUT2D eigenvalue weighted by molar-refractivity contribution is 7.90. The van der Waals surface area contributed by atoms with Crippen LogP contribution in [0.3, 0.4) is 0 Å². The fourth-order valence-corrected chi connectivity index (χ4v) is 4.92. The van der Waals surface area contributed by atoms with E-state index in [2.05, 4.69) is 15.5 Å². The van der Waals surface area contributed by atoms with Crippen molar-refractivity contribution in [3.05, 3.63) is 104 Å². The predicted octanol–water partition coefficient (Wildman–Crippen LogP) is 4.90. The first-order valence-corrected chi connectivity index (χ1v) is 13.5. The van der Waals surface area contributed by atoms with Gasteiger partial charge in [0, 0.05) is 23.1 Å². The number of aromatic nitrogens is 2. The molecule has 0 aliphatic rings. The van der Waals surface area contributed by atoms with Gasteiger partial charge in [-0.05, 0) is 62.2 Å². The van der Waals surface area contributed by atoms with E-state index in [0.717, 1.165) is 18.4 Å². The monoisotopic (exact) mass is 559 g/mol. The number of amides is 1. The molecule has 4 rings (SSSR count). The highest BCUT2D eigenvalue weighted by Gasteiger charge is 2.32. The van der Waals surface area contributed by atoms with Gasteiger partial charge >= 0.3 is 6.18 Å². The number of carbonyl (C=O) groups excluding carboxylic acids is 1. The summed E-state index contributed by atoms with van der Waals surface area (Å²) < 4.78 is 69.4. The summed E-state index contributed by atoms with van der Waals surface area (Å²) >= 11 is 0. The predicted molar refractivity (Wildman–Crippen MR) is 137 cm³/mol. The molecular formula is C27H24F3N3O5S. The number of benzene rings is 2. The van der Waals surface area contributed by atoms with E-state index in [1.54, 1.807) is 20.8 Å². The molecule has 1 atom stereocenters. The Bertz CT molecular complexity index is 1700. The number of H-pyrrole nitrogens is 1. The first-order chi connectivity index (χ1) is 18.2. The number of halogens is 3. The van der Waals surface area contributed by atoms with Crippen LogP contribution >= 0.6 is 0 Å². The van der Waals surface area contributed by atoms with Crippen LogP contribution in [0.5, 0.6) is 0 Å². The molecule has 2 aromatic carbocycles. The second-order valence-corrected chi connectivity index (χ2v) is 11.1. The Morgan fingerprint density at radius 2 is 1.69 bits per heavy atom. The van der Waals surface area contributed by atoms with Gasteiger partial charge in [0.15, 0.2) is 9.84 Å². The topological polar surface area (TPSA) is 122 Å². The van der Waals surface area contributed by atoms with Gasteiger partial charge in [0.25, 0.3) is 11.5 Å². The van der Waals surface area contributed by atoms with Crippen LogP contribution in [0.1, 0.15) is 50.2 Å². The summed E-state index contributed by atoms with van der Waals surface area (Å²) in [7, 11) is -3.54. The number of nitrogens with zero attached hydrogens (tertiary/aromatic N) is 1. The van der Waals surface area contributed by atoms with Crippen molar-refractivity contribution >= 4 is 15.7 Å². The molecule has 0 radical (unpaired) electrons. The van der Waals surface area contributed by atoms with Crippen molar-refractivity contribution in [2.75, 3.05) is 6.26 Å². The Balaban J connectivity index is 1.81. The van der Waals surface area contributed by atoms with E-state index in [0.29, 0.717) is 33.8 Å². The molecule has 12 heteroatoms. The molecular weight excluding hydrogens is 535 g/mol. The molecule has 8 nitrogen and oxygen atoms in total. The van der Waals surface area contributed by atoms with Crippen LogP contribution in [-0.4, -0.2) is 30.7 Å². The molecule has 4 aromatic rings. The molecule has 2 heterocycles. The number of hydrogen-bond acceptors (Lipinski definition) is 6. The summed E-state index contributed by atoms with van der Waals surface area (Å²) in [5.41, 5.74) is 0.604. The third-order valence-electron chi connectivity index (χ3n) is 6.25. The summed E-state index contributed by atoms with van der Waals surface area (Å²) in [5.74, 6) is -0.374. The summed E-state index contributed by atoms with van der Waals surface area (Å²) in [5, 5.41) is 6.56. The smallest absolute Gasteiger partial charge is 0.361 e. The first-order valence-electron chi connectivity index (χ1n) is 11.6. The van der Waals surface area contributed by atoms with Gasteiger partial charge in [-0.25, -0.2) is 8.42 Å². The molecule has 204 valence electrons. The molecule has 0 aliphatic heterocycles. The quantitative estimate of drug-likeness (QED) is 0.347. The van der Waals surface area contributed by atoms with Crippen molar-refractivity contribution in [3.63, 3.8) is 0 Å². The van der Waals surface area contributed by atoms with E-state index >= 15 is 0 Å². The summed E-state index contributed by atoms with van der Waals surface area (Å²) in [6.45, 7) is 5.04. The van der Waals surface area contributed by atoms with E-state index in [1.807, 2.05) is 0 Å². The van der Waals surface area contributed by atoms with Crippen molar-refractivity contribution in [3.8, 4) is 11.1 Å². The molecule has 0 bridgehead atoms. The number of aryl methyl sites for hydroxylation is 3. The van der Waals surface area contributed by atoms with E-state index < -0.39 is 39.1 Å². The van der Waals surface area contributed by atoms with Gasteiger partial charge in [0.1, 0.15) is 11.3 Å². The average Bonchev–Trinajstić information content (AvgIpc) is 3.19. The number of hydrogen-bond donors (Lipinski definition) is 2. The van der Waals surface area contributed by atoms with Crippen molar-refractivity contribution in [2.24, 2.45) is 0 Å². The van der Waals surface area contributed by atoms with Gasteiger partial charge < -0.3 is 14.8 Å². The number of sulfone groups is 1. The second kappa shape index (κ2) is 10.2. The summed E-state index contributed by atoms with van der Waals surface area (Å²) in [4.78, 5) is 28.9. The Kier molecular flexibility index (Phi) is 7.26. The maximum Gasteiger partial charge on any atom is 0.416 e. The van der Waals surface area contributed by atoms with E-state index in [4.69, 9.17) is 4.52 Å². The van der Waals surface area contributed by atoms with Crippen LogP contribution in [0.25, 0.3) is 11.1 Å². The zero-order valence-corrected chi connectivity index (χ0v) is 22.1. The lowest BCUT2D eigenvalue weighted by atomic mass is 9.96. The van der Waals surface area contributed by atoms with Gasteiger partial charge in [-0.1, -0.05) is 29.4 Å². The van der Waals surface area contributed by atoms with Crippen molar-refractivity contribution < 1.29 is 30.9 Å². The van der Waals surface area contributed by atoms with Gasteiger partial charge in [0.05, 0.1) is 22.2 Å². The lowest BCUT2D eigenvalue weighted by Gasteiger charge is -2.21. The van der Waals surface area contributed by atoms with E-state index in [1.165, 1.54) is 42.5 Å². The number of pyridine rings is 1. The summed E-state index contributed by atoms with van der Waals surface area (Å²) in [6.07, 6.45) is -3.61. The van der Waals surface area contributed by atoms with Crippen molar-refractivity contribution in [1.82, 2.24) is 15.5 Å². The van der Waals surface area contributed by atoms with Gasteiger partial charge in [-0.15, -0.1) is 0 Å². The summed E-state index contributed by atoms with van der Waals surface area (Å²) in [6, 6.07) is 10.0. The molecule has 2 N–H and O–H groups in total. The molecule has 0 saturated carbocycles. The number of alkyl halides is 3. The minimum absolute atomic E-state index is 0.000509. The number of aromatic amines is 1. The minimum atomic E-state index is -4.64. The third kappa shape index (κ3) is 5.80. The Morgan fingerprint density at radius 3 is 2.26 bits per heavy atom. The van der Waals surface area contributed by atoms with Crippen LogP contribution in [0.15, 0.2) is 68.8 Å². The van der Waals surface area contributed by atoms with Crippen LogP contribution in [0, 0.1) is 20.8 Å². The van der Waals surface area contributed by atoms with Crippen LogP contribution in [0.2, 0.25) is 0 Å². The molecule has 1 amide bonds. The highest BCUT2D eigenvalue weighted by Crippen LogP contribution is 2.33. The second-order valence-electron chi connectivity index (χ2n) is 9.12. The van der Waals surface area contributed by atoms with Gasteiger partial charge in [-0.2, -0.15) is 13.2 Å². The van der Waals surface area contributed by atoms with Gasteiger partial charge in [0.2, 0.25) is 0 Å². The molecule has 2 aromatic heterocycles. The fraction of sp³-hybridized carbons (Fsp3) is 0.222. The standard InChI is InChI=1S/C27H24F3N3O5S/c1-14-21(23-15(2)33-38-16(23)3)13-22(25(34)31-14)26(35)32-24(17-8-10-20(11-9-17)39(4,36)37)18-6-5-7-19(12-18)27(28,29)30/h5-13,24H,1-4H3,(H,31,34)(H,32,35). The zero-order chi connectivity index (χ0) is 28.7. The fourth-order valence-electron chi connectivity index (χ4n) is 4.29. The largest absolute Gasteiger partial charge is 0.416 e. The highest BCUT2D eigenvalue weighted by atomic mass is 32.2. The van der Waals surface area contributed by atoms with Crippen molar-refractivity contribution in [2.45, 2.75) is 37.9 Å². The van der Waals surface area contributed by atoms with E-state index in [-0.39, 0.29) is 16.0 Å². The Labute approximate surface area is 221 Å². The lowest BCUT2D eigenvalue weighted by molar-refractivity contribution is -0.137. The molecule has 39 heavy (non-hydrogen) atoms. The number of nitrogens with one attached hydrogen (secondary N) is 2. The SMILES string of the molecule is Cc1noc(C)c1-c1cc(C(=O)NC(c2ccc(S(C)(=O)=O)cc2)c2cccc(C(F)(F)F)c2)c(=O)[nH]c1C. The average molecular weight is 560 g/mol.